The lowest BCUT2D eigenvalue weighted by Crippen LogP contribution is -2.36. The van der Waals surface area contributed by atoms with Crippen molar-refractivity contribution in [2.24, 2.45) is 0 Å². The number of hydrogen-bond donors (Lipinski definition) is 4. The van der Waals surface area contributed by atoms with Crippen molar-refractivity contribution >= 4 is 22.7 Å². The lowest BCUT2D eigenvalue weighted by Gasteiger charge is -2.26. The lowest BCUT2D eigenvalue weighted by atomic mass is 9.93. The standard InChI is InChI=1S/C22H28N4O3/c1-29-13-18(27)26-21(16-9-5-6-14-10-11-23-20(14)16)19-17(12-24-22(19)28)25-15-7-3-2-4-8-15/h5-6,9-11,15,21,23,25H,2-4,7-8,12-13H2,1H3,(H,24,28)(H,26,27). The number of carbonyl (C=O) groups excluding carboxylic acids is 2. The summed E-state index contributed by atoms with van der Waals surface area (Å²) in [6, 6.07) is 7.70. The maximum atomic E-state index is 12.9. The zero-order valence-corrected chi connectivity index (χ0v) is 16.7. The summed E-state index contributed by atoms with van der Waals surface area (Å²) in [6.07, 6.45) is 7.77. The molecule has 0 saturated heterocycles. The first-order valence-electron chi connectivity index (χ1n) is 10.3. The van der Waals surface area contributed by atoms with Crippen molar-refractivity contribution in [1.82, 2.24) is 20.9 Å². The molecule has 2 aromatic rings. The molecule has 1 saturated carbocycles. The Labute approximate surface area is 170 Å². The van der Waals surface area contributed by atoms with Gasteiger partial charge in [0.15, 0.2) is 0 Å². The molecule has 1 unspecified atom stereocenters. The molecule has 1 aromatic carbocycles. The van der Waals surface area contributed by atoms with Crippen LogP contribution in [0.4, 0.5) is 0 Å². The van der Waals surface area contributed by atoms with Gasteiger partial charge in [-0.15, -0.1) is 0 Å². The maximum absolute atomic E-state index is 12.9. The summed E-state index contributed by atoms with van der Waals surface area (Å²) in [4.78, 5) is 28.5. The van der Waals surface area contributed by atoms with Crippen molar-refractivity contribution in [2.75, 3.05) is 20.3 Å². The third-order valence-corrected chi connectivity index (χ3v) is 5.78. The normalized spacial score (nSPS) is 18.7. The molecule has 7 nitrogen and oxygen atoms in total. The highest BCUT2D eigenvalue weighted by Gasteiger charge is 2.34. The minimum atomic E-state index is -0.561. The van der Waals surface area contributed by atoms with Gasteiger partial charge in [0.2, 0.25) is 5.91 Å². The number of aromatic amines is 1. The second-order valence-corrected chi connectivity index (χ2v) is 7.78. The average Bonchev–Trinajstić information content (AvgIpc) is 3.34. The summed E-state index contributed by atoms with van der Waals surface area (Å²) < 4.78 is 5.00. The fourth-order valence-corrected chi connectivity index (χ4v) is 4.41. The van der Waals surface area contributed by atoms with Crippen LogP contribution in [0.15, 0.2) is 41.7 Å². The quantitative estimate of drug-likeness (QED) is 0.577. The number of aromatic nitrogens is 1. The molecule has 0 bridgehead atoms. The van der Waals surface area contributed by atoms with Gasteiger partial charge in [-0.1, -0.05) is 37.5 Å². The Morgan fingerprint density at radius 1 is 1.24 bits per heavy atom. The highest BCUT2D eigenvalue weighted by atomic mass is 16.5. The van der Waals surface area contributed by atoms with E-state index in [1.54, 1.807) is 0 Å². The van der Waals surface area contributed by atoms with Crippen LogP contribution in [0.25, 0.3) is 10.9 Å². The molecule has 0 spiro atoms. The number of hydrogen-bond acceptors (Lipinski definition) is 4. The van der Waals surface area contributed by atoms with Gasteiger partial charge in [-0.2, -0.15) is 0 Å². The number of fused-ring (bicyclic) bond motifs is 1. The van der Waals surface area contributed by atoms with E-state index in [2.05, 4.69) is 20.9 Å². The molecule has 1 aliphatic carbocycles. The smallest absolute Gasteiger partial charge is 0.251 e. The molecule has 2 heterocycles. The van der Waals surface area contributed by atoms with E-state index in [0.29, 0.717) is 18.2 Å². The van der Waals surface area contributed by atoms with Crippen molar-refractivity contribution in [3.63, 3.8) is 0 Å². The molecule has 7 heteroatoms. The second-order valence-electron chi connectivity index (χ2n) is 7.78. The van der Waals surface area contributed by atoms with Gasteiger partial charge in [-0.25, -0.2) is 0 Å². The van der Waals surface area contributed by atoms with Crippen LogP contribution in [0.3, 0.4) is 0 Å². The van der Waals surface area contributed by atoms with Crippen molar-refractivity contribution in [2.45, 2.75) is 44.2 Å². The van der Waals surface area contributed by atoms with E-state index in [4.69, 9.17) is 4.74 Å². The second kappa shape index (κ2) is 8.69. The number of amides is 2. The van der Waals surface area contributed by atoms with Gasteiger partial charge >= 0.3 is 0 Å². The van der Waals surface area contributed by atoms with E-state index in [1.807, 2.05) is 30.5 Å². The Morgan fingerprint density at radius 2 is 2.07 bits per heavy atom. The third-order valence-electron chi connectivity index (χ3n) is 5.78. The van der Waals surface area contributed by atoms with Gasteiger partial charge < -0.3 is 25.7 Å². The number of ether oxygens (including phenoxy) is 1. The minimum Gasteiger partial charge on any atom is -0.384 e. The van der Waals surface area contributed by atoms with Crippen LogP contribution in [-0.4, -0.2) is 43.1 Å². The predicted octanol–water partition coefficient (Wildman–Crippen LogP) is 2.28. The zero-order valence-electron chi connectivity index (χ0n) is 16.7. The van der Waals surface area contributed by atoms with Gasteiger partial charge in [0.25, 0.3) is 5.91 Å². The first-order chi connectivity index (χ1) is 14.2. The molecular formula is C22H28N4O3. The molecule has 4 rings (SSSR count). The number of benzene rings is 1. The molecule has 29 heavy (non-hydrogen) atoms. The Hall–Kier alpha value is -2.80. The van der Waals surface area contributed by atoms with Gasteiger partial charge in [0, 0.05) is 30.6 Å². The van der Waals surface area contributed by atoms with Crippen LogP contribution in [0, 0.1) is 0 Å². The monoisotopic (exact) mass is 396 g/mol. The number of rotatable bonds is 7. The zero-order chi connectivity index (χ0) is 20.2. The number of methoxy groups -OCH3 is 1. The minimum absolute atomic E-state index is 0.0580. The summed E-state index contributed by atoms with van der Waals surface area (Å²) in [6.45, 7) is 0.402. The molecule has 0 radical (unpaired) electrons. The summed E-state index contributed by atoms with van der Waals surface area (Å²) in [5.41, 5.74) is 3.25. The SMILES string of the molecule is COCC(=O)NC(C1=C(NC2CCCCC2)CNC1=O)c1cccc2cc[nH]c12. The highest BCUT2D eigenvalue weighted by molar-refractivity contribution is 6.00. The largest absolute Gasteiger partial charge is 0.384 e. The number of carbonyl (C=O) groups is 2. The van der Waals surface area contributed by atoms with Crippen LogP contribution >= 0.6 is 0 Å². The topological polar surface area (TPSA) is 95.2 Å². The third kappa shape index (κ3) is 4.15. The average molecular weight is 396 g/mol. The van der Waals surface area contributed by atoms with E-state index < -0.39 is 6.04 Å². The van der Waals surface area contributed by atoms with Crippen molar-refractivity contribution in [1.29, 1.82) is 0 Å². The molecule has 1 aromatic heterocycles. The van der Waals surface area contributed by atoms with Crippen LogP contribution in [-0.2, 0) is 14.3 Å². The van der Waals surface area contributed by atoms with E-state index >= 15 is 0 Å². The maximum Gasteiger partial charge on any atom is 0.251 e. The Balaban J connectivity index is 1.73. The molecular weight excluding hydrogens is 368 g/mol. The summed E-state index contributed by atoms with van der Waals surface area (Å²) >= 11 is 0. The highest BCUT2D eigenvalue weighted by Crippen LogP contribution is 2.32. The van der Waals surface area contributed by atoms with E-state index in [-0.39, 0.29) is 18.4 Å². The molecule has 1 fully saturated rings. The first kappa shape index (κ1) is 19.5. The van der Waals surface area contributed by atoms with Crippen molar-refractivity contribution in [3.8, 4) is 0 Å². The molecule has 2 aliphatic rings. The fourth-order valence-electron chi connectivity index (χ4n) is 4.41. The molecule has 154 valence electrons. The summed E-state index contributed by atoms with van der Waals surface area (Å²) in [7, 11) is 1.48. The van der Waals surface area contributed by atoms with Gasteiger partial charge in [-0.3, -0.25) is 9.59 Å². The summed E-state index contributed by atoms with van der Waals surface area (Å²) in [5.74, 6) is -0.403. The number of H-pyrrole nitrogens is 1. The predicted molar refractivity (Wildman–Crippen MR) is 111 cm³/mol. The van der Waals surface area contributed by atoms with Crippen LogP contribution in [0.5, 0.6) is 0 Å². The fraction of sp³-hybridized carbons (Fsp3) is 0.455. The van der Waals surface area contributed by atoms with E-state index in [0.717, 1.165) is 35.0 Å². The van der Waals surface area contributed by atoms with Crippen molar-refractivity contribution in [3.05, 3.63) is 47.3 Å². The van der Waals surface area contributed by atoms with Gasteiger partial charge in [-0.05, 0) is 24.3 Å². The van der Waals surface area contributed by atoms with Crippen LogP contribution in [0.1, 0.15) is 43.7 Å². The molecule has 2 amide bonds. The van der Waals surface area contributed by atoms with Crippen molar-refractivity contribution < 1.29 is 14.3 Å². The van der Waals surface area contributed by atoms with Gasteiger partial charge in [0.1, 0.15) is 6.61 Å². The Bertz CT molecular complexity index is 927. The van der Waals surface area contributed by atoms with Crippen LogP contribution < -0.4 is 16.0 Å². The van der Waals surface area contributed by atoms with Crippen LogP contribution in [0.2, 0.25) is 0 Å². The van der Waals surface area contributed by atoms with Gasteiger partial charge in [0.05, 0.1) is 23.7 Å². The Kier molecular flexibility index (Phi) is 5.85. The number of para-hydroxylation sites is 1. The molecule has 1 atom stereocenters. The lowest BCUT2D eigenvalue weighted by molar-refractivity contribution is -0.125. The summed E-state index contributed by atoms with van der Waals surface area (Å²) in [5, 5.41) is 10.6. The van der Waals surface area contributed by atoms with E-state index in [9.17, 15) is 9.59 Å². The molecule has 4 N–H and O–H groups in total. The number of nitrogens with one attached hydrogen (secondary N) is 4. The first-order valence-corrected chi connectivity index (χ1v) is 10.3. The Morgan fingerprint density at radius 3 is 2.86 bits per heavy atom. The van der Waals surface area contributed by atoms with E-state index in [1.165, 1.54) is 26.4 Å². The molecule has 1 aliphatic heterocycles.